The third-order valence-electron chi connectivity index (χ3n) is 2.49. The second kappa shape index (κ2) is 3.33. The van der Waals surface area contributed by atoms with Gasteiger partial charge in [0.2, 0.25) is 0 Å². The molecule has 0 fully saturated rings. The van der Waals surface area contributed by atoms with Gasteiger partial charge in [-0.05, 0) is 18.2 Å². The van der Waals surface area contributed by atoms with Crippen molar-refractivity contribution in [1.82, 2.24) is 0 Å². The molecule has 0 aromatic heterocycles. The molecule has 0 spiro atoms. The summed E-state index contributed by atoms with van der Waals surface area (Å²) in [5.41, 5.74) is 2.90. The van der Waals surface area contributed by atoms with Crippen LogP contribution in [0, 0.1) is 0 Å². The van der Waals surface area contributed by atoms with Crippen LogP contribution in [0.4, 0.5) is 11.4 Å². The van der Waals surface area contributed by atoms with Crippen molar-refractivity contribution in [3.8, 4) is 0 Å². The Morgan fingerprint density at radius 3 is 2.86 bits per heavy atom. The highest BCUT2D eigenvalue weighted by molar-refractivity contribution is 6.03. The number of nitrogens with zero attached hydrogens (tertiary/aromatic N) is 1. The highest BCUT2D eigenvalue weighted by Crippen LogP contribution is 2.26. The maximum absolute atomic E-state index is 11.5. The molecule has 1 N–H and O–H groups in total. The topological polar surface area (TPSA) is 32.3 Å². The first-order valence-electron chi connectivity index (χ1n) is 4.77. The Labute approximate surface area is 83.7 Å². The largest absolute Gasteiger partial charge is 0.384 e. The SMILES string of the molecule is CN(C)c1ccc2c(c1)NCCC2=O. The average molecular weight is 190 g/mol. The first-order chi connectivity index (χ1) is 6.68. The third kappa shape index (κ3) is 1.45. The van der Waals surface area contributed by atoms with E-state index in [9.17, 15) is 4.79 Å². The molecule has 0 bridgehead atoms. The summed E-state index contributed by atoms with van der Waals surface area (Å²) in [5, 5.41) is 3.24. The minimum absolute atomic E-state index is 0.240. The lowest BCUT2D eigenvalue weighted by Gasteiger charge is -2.20. The molecule has 0 saturated carbocycles. The Balaban J connectivity index is 2.44. The van der Waals surface area contributed by atoms with Gasteiger partial charge in [0.25, 0.3) is 0 Å². The monoisotopic (exact) mass is 190 g/mol. The van der Waals surface area contributed by atoms with Gasteiger partial charge in [-0.15, -0.1) is 0 Å². The predicted octanol–water partition coefficient (Wildman–Crippen LogP) is 1.75. The lowest BCUT2D eigenvalue weighted by atomic mass is 10.0. The molecule has 0 unspecified atom stereocenters. The zero-order valence-electron chi connectivity index (χ0n) is 8.50. The molecule has 0 aliphatic carbocycles. The number of Topliss-reactive ketones (excluding diaryl/α,β-unsaturated/α-hetero) is 1. The highest BCUT2D eigenvalue weighted by Gasteiger charge is 2.16. The van der Waals surface area contributed by atoms with E-state index in [2.05, 4.69) is 5.32 Å². The minimum atomic E-state index is 0.240. The van der Waals surface area contributed by atoms with Crippen LogP contribution in [0.15, 0.2) is 18.2 Å². The van der Waals surface area contributed by atoms with Gasteiger partial charge in [0.1, 0.15) is 0 Å². The second-order valence-electron chi connectivity index (χ2n) is 3.72. The molecule has 1 aliphatic heterocycles. The summed E-state index contributed by atoms with van der Waals surface area (Å²) in [5.74, 6) is 0.240. The van der Waals surface area contributed by atoms with Crippen molar-refractivity contribution in [2.45, 2.75) is 6.42 Å². The van der Waals surface area contributed by atoms with Gasteiger partial charge >= 0.3 is 0 Å². The summed E-state index contributed by atoms with van der Waals surface area (Å²) in [7, 11) is 3.98. The number of carbonyl (C=O) groups excluding carboxylic acids is 1. The summed E-state index contributed by atoms with van der Waals surface area (Å²) in [6.45, 7) is 0.753. The van der Waals surface area contributed by atoms with Gasteiger partial charge in [-0.25, -0.2) is 0 Å². The zero-order valence-corrected chi connectivity index (χ0v) is 8.50. The van der Waals surface area contributed by atoms with Crippen molar-refractivity contribution < 1.29 is 4.79 Å². The van der Waals surface area contributed by atoms with Crippen molar-refractivity contribution in [1.29, 1.82) is 0 Å². The van der Waals surface area contributed by atoms with Gasteiger partial charge in [0.15, 0.2) is 5.78 Å². The summed E-state index contributed by atoms with van der Waals surface area (Å²) in [6, 6.07) is 5.90. The highest BCUT2D eigenvalue weighted by atomic mass is 16.1. The van der Waals surface area contributed by atoms with E-state index in [0.717, 1.165) is 23.5 Å². The van der Waals surface area contributed by atoms with Crippen molar-refractivity contribution in [2.24, 2.45) is 0 Å². The summed E-state index contributed by atoms with van der Waals surface area (Å²) < 4.78 is 0. The second-order valence-corrected chi connectivity index (χ2v) is 3.72. The Morgan fingerprint density at radius 1 is 1.36 bits per heavy atom. The fraction of sp³-hybridized carbons (Fsp3) is 0.364. The van der Waals surface area contributed by atoms with Gasteiger partial charge in [0.05, 0.1) is 0 Å². The number of rotatable bonds is 1. The van der Waals surface area contributed by atoms with Crippen LogP contribution in [-0.4, -0.2) is 26.4 Å². The lowest BCUT2D eigenvalue weighted by Crippen LogP contribution is -2.18. The molecule has 14 heavy (non-hydrogen) atoms. The number of nitrogens with one attached hydrogen (secondary N) is 1. The zero-order chi connectivity index (χ0) is 10.1. The fourth-order valence-corrected chi connectivity index (χ4v) is 1.65. The first kappa shape index (κ1) is 9.06. The molecule has 3 nitrogen and oxygen atoms in total. The fourth-order valence-electron chi connectivity index (χ4n) is 1.65. The van der Waals surface area contributed by atoms with Crippen LogP contribution < -0.4 is 10.2 Å². The Morgan fingerprint density at radius 2 is 2.14 bits per heavy atom. The van der Waals surface area contributed by atoms with Gasteiger partial charge in [0, 0.05) is 44.0 Å². The first-order valence-corrected chi connectivity index (χ1v) is 4.77. The number of hydrogen-bond acceptors (Lipinski definition) is 3. The third-order valence-corrected chi connectivity index (χ3v) is 2.49. The van der Waals surface area contributed by atoms with E-state index >= 15 is 0 Å². The molecular weight excluding hydrogens is 176 g/mol. The van der Waals surface area contributed by atoms with Gasteiger partial charge in [-0.2, -0.15) is 0 Å². The number of anilines is 2. The quantitative estimate of drug-likeness (QED) is 0.732. The molecule has 1 heterocycles. The van der Waals surface area contributed by atoms with Gasteiger partial charge < -0.3 is 10.2 Å². The van der Waals surface area contributed by atoms with E-state index in [1.54, 1.807) is 0 Å². The molecule has 0 atom stereocenters. The number of carbonyl (C=O) groups is 1. The van der Waals surface area contributed by atoms with E-state index in [4.69, 9.17) is 0 Å². The van der Waals surface area contributed by atoms with Crippen LogP contribution >= 0.6 is 0 Å². The molecule has 3 heteroatoms. The molecule has 1 aromatic rings. The molecule has 1 aromatic carbocycles. The van der Waals surface area contributed by atoms with E-state index in [1.807, 2.05) is 37.2 Å². The van der Waals surface area contributed by atoms with Crippen LogP contribution in [0.2, 0.25) is 0 Å². The average Bonchev–Trinajstić information content (AvgIpc) is 2.17. The lowest BCUT2D eigenvalue weighted by molar-refractivity contribution is 0.0984. The van der Waals surface area contributed by atoms with Crippen LogP contribution in [0.3, 0.4) is 0 Å². The van der Waals surface area contributed by atoms with Crippen LogP contribution in [0.25, 0.3) is 0 Å². The smallest absolute Gasteiger partial charge is 0.166 e. The molecule has 0 saturated heterocycles. The van der Waals surface area contributed by atoms with Crippen molar-refractivity contribution >= 4 is 17.2 Å². The molecule has 0 amide bonds. The van der Waals surface area contributed by atoms with Crippen LogP contribution in [-0.2, 0) is 0 Å². The summed E-state index contributed by atoms with van der Waals surface area (Å²) in [4.78, 5) is 13.5. The van der Waals surface area contributed by atoms with Crippen LogP contribution in [0.5, 0.6) is 0 Å². The normalized spacial score (nSPS) is 14.6. The van der Waals surface area contributed by atoms with Crippen molar-refractivity contribution in [2.75, 3.05) is 30.9 Å². The standard InChI is InChI=1S/C11H14N2O/c1-13(2)8-3-4-9-10(7-8)12-6-5-11(9)14/h3-4,7,12H,5-6H2,1-2H3. The Kier molecular flexibility index (Phi) is 2.15. The van der Waals surface area contributed by atoms with E-state index in [0.29, 0.717) is 6.42 Å². The van der Waals surface area contributed by atoms with E-state index < -0.39 is 0 Å². The summed E-state index contributed by atoms with van der Waals surface area (Å²) in [6.07, 6.45) is 0.605. The van der Waals surface area contributed by atoms with Crippen molar-refractivity contribution in [3.05, 3.63) is 23.8 Å². The van der Waals surface area contributed by atoms with Gasteiger partial charge in [-0.1, -0.05) is 0 Å². The minimum Gasteiger partial charge on any atom is -0.384 e. The molecule has 1 aliphatic rings. The van der Waals surface area contributed by atoms with Crippen LogP contribution in [0.1, 0.15) is 16.8 Å². The Bertz CT molecular complexity index is 372. The summed E-state index contributed by atoms with van der Waals surface area (Å²) >= 11 is 0. The number of benzene rings is 1. The van der Waals surface area contributed by atoms with Gasteiger partial charge in [-0.3, -0.25) is 4.79 Å². The Hall–Kier alpha value is -1.51. The maximum atomic E-state index is 11.5. The molecule has 74 valence electrons. The van der Waals surface area contributed by atoms with Crippen molar-refractivity contribution in [3.63, 3.8) is 0 Å². The number of hydrogen-bond donors (Lipinski definition) is 1. The molecule has 0 radical (unpaired) electrons. The molecular formula is C11H14N2O. The maximum Gasteiger partial charge on any atom is 0.166 e. The van der Waals surface area contributed by atoms with E-state index in [1.165, 1.54) is 0 Å². The molecule has 2 rings (SSSR count). The predicted molar refractivity (Wildman–Crippen MR) is 58.2 cm³/mol. The van der Waals surface area contributed by atoms with E-state index in [-0.39, 0.29) is 5.78 Å². The number of fused-ring (bicyclic) bond motifs is 1. The number of ketones is 1.